The van der Waals surface area contributed by atoms with Crippen molar-refractivity contribution < 1.29 is 4.39 Å². The van der Waals surface area contributed by atoms with Gasteiger partial charge in [0.2, 0.25) is 0 Å². The summed E-state index contributed by atoms with van der Waals surface area (Å²) in [5, 5.41) is 3.93. The number of halogens is 2. The summed E-state index contributed by atoms with van der Waals surface area (Å²) in [6.07, 6.45) is 1.54. The Morgan fingerprint density at radius 1 is 0.929 bits per heavy atom. The zero-order valence-corrected chi connectivity index (χ0v) is 16.1. The lowest BCUT2D eigenvalue weighted by Gasteiger charge is -2.36. The molecule has 1 saturated heterocycles. The van der Waals surface area contributed by atoms with Crippen molar-refractivity contribution in [1.29, 1.82) is 0 Å². The number of rotatable bonds is 5. The van der Waals surface area contributed by atoms with Crippen LogP contribution in [-0.2, 0) is 6.54 Å². The summed E-state index contributed by atoms with van der Waals surface area (Å²) in [6, 6.07) is 16.6. The average Bonchev–Trinajstić information content (AvgIpc) is 2.73. The van der Waals surface area contributed by atoms with E-state index < -0.39 is 0 Å². The van der Waals surface area contributed by atoms with Crippen LogP contribution in [0.15, 0.2) is 60.9 Å². The quantitative estimate of drug-likeness (QED) is 0.698. The fourth-order valence-corrected chi connectivity index (χ4v) is 3.50. The van der Waals surface area contributed by atoms with Crippen molar-refractivity contribution in [2.45, 2.75) is 6.54 Å². The molecule has 5 nitrogen and oxygen atoms in total. The molecule has 28 heavy (non-hydrogen) atoms. The van der Waals surface area contributed by atoms with Crippen LogP contribution in [0, 0.1) is 5.82 Å². The van der Waals surface area contributed by atoms with Crippen molar-refractivity contribution >= 4 is 28.9 Å². The Hall–Kier alpha value is -2.86. The van der Waals surface area contributed by atoms with Crippen molar-refractivity contribution in [2.24, 2.45) is 0 Å². The zero-order chi connectivity index (χ0) is 19.3. The number of nitrogens with one attached hydrogen (secondary N) is 1. The Labute approximate surface area is 168 Å². The zero-order valence-electron chi connectivity index (χ0n) is 15.4. The molecule has 1 N–H and O–H groups in total. The predicted molar refractivity (Wildman–Crippen MR) is 112 cm³/mol. The molecular weight excluding hydrogens is 377 g/mol. The largest absolute Gasteiger partial charge is 0.368 e. The van der Waals surface area contributed by atoms with Crippen molar-refractivity contribution in [3.05, 3.63) is 77.3 Å². The van der Waals surface area contributed by atoms with Gasteiger partial charge in [-0.25, -0.2) is 14.4 Å². The van der Waals surface area contributed by atoms with Crippen LogP contribution >= 0.6 is 11.6 Å². The maximum atomic E-state index is 13.8. The monoisotopic (exact) mass is 397 g/mol. The lowest BCUT2D eigenvalue weighted by Crippen LogP contribution is -2.46. The summed E-state index contributed by atoms with van der Waals surface area (Å²) in [6.45, 7) is 3.88. The molecule has 0 radical (unpaired) electrons. The van der Waals surface area contributed by atoms with Gasteiger partial charge in [0.25, 0.3) is 0 Å². The third kappa shape index (κ3) is 4.34. The fourth-order valence-electron chi connectivity index (χ4n) is 3.31. The number of aromatic nitrogens is 2. The fraction of sp³-hybridized carbons (Fsp3) is 0.238. The van der Waals surface area contributed by atoms with Crippen LogP contribution in [-0.4, -0.2) is 36.1 Å². The summed E-state index contributed by atoms with van der Waals surface area (Å²) in [5.74, 6) is 1.34. The van der Waals surface area contributed by atoms with Gasteiger partial charge in [-0.2, -0.15) is 0 Å². The minimum atomic E-state index is -0.221. The Kier molecular flexibility index (Phi) is 5.58. The minimum Gasteiger partial charge on any atom is -0.368 e. The van der Waals surface area contributed by atoms with Gasteiger partial charge >= 0.3 is 0 Å². The Balaban J connectivity index is 1.38. The van der Waals surface area contributed by atoms with E-state index in [1.807, 2.05) is 30.3 Å². The topological polar surface area (TPSA) is 44.3 Å². The predicted octanol–water partition coefficient (Wildman–Crippen LogP) is 4.21. The molecule has 1 aromatic heterocycles. The van der Waals surface area contributed by atoms with Crippen LogP contribution in [0.25, 0.3) is 0 Å². The highest BCUT2D eigenvalue weighted by Crippen LogP contribution is 2.23. The van der Waals surface area contributed by atoms with Crippen LogP contribution in [0.4, 0.5) is 21.7 Å². The smallest absolute Gasteiger partial charge is 0.134 e. The summed E-state index contributed by atoms with van der Waals surface area (Å²) in [5.41, 5.74) is 1.75. The molecule has 0 aliphatic carbocycles. The molecule has 2 heterocycles. The Morgan fingerprint density at radius 3 is 2.50 bits per heavy atom. The van der Waals surface area contributed by atoms with E-state index in [-0.39, 0.29) is 5.82 Å². The first-order chi connectivity index (χ1) is 13.7. The molecule has 2 aromatic carbocycles. The van der Waals surface area contributed by atoms with Crippen molar-refractivity contribution in [3.63, 3.8) is 0 Å². The van der Waals surface area contributed by atoms with Crippen molar-refractivity contribution in [3.8, 4) is 0 Å². The second kappa shape index (κ2) is 8.44. The van der Waals surface area contributed by atoms with Crippen LogP contribution in [0.5, 0.6) is 0 Å². The van der Waals surface area contributed by atoms with Gasteiger partial charge in [-0.1, -0.05) is 35.9 Å². The van der Waals surface area contributed by atoms with E-state index in [2.05, 4.69) is 31.2 Å². The van der Waals surface area contributed by atoms with Crippen LogP contribution in [0.3, 0.4) is 0 Å². The molecule has 144 valence electrons. The summed E-state index contributed by atoms with van der Waals surface area (Å²) in [7, 11) is 0. The number of anilines is 3. The molecule has 1 aliphatic heterocycles. The van der Waals surface area contributed by atoms with Crippen LogP contribution < -0.4 is 15.1 Å². The molecule has 1 fully saturated rings. The molecule has 0 saturated carbocycles. The van der Waals surface area contributed by atoms with E-state index >= 15 is 0 Å². The highest BCUT2D eigenvalue weighted by Gasteiger charge is 2.19. The molecular formula is C21H21ClFN5. The molecule has 0 atom stereocenters. The van der Waals surface area contributed by atoms with Crippen molar-refractivity contribution in [2.75, 3.05) is 41.3 Å². The number of piperazine rings is 1. The molecule has 0 amide bonds. The third-order valence-corrected chi connectivity index (χ3v) is 5.08. The van der Waals surface area contributed by atoms with Gasteiger partial charge in [0.05, 0.1) is 0 Å². The first-order valence-corrected chi connectivity index (χ1v) is 9.61. The van der Waals surface area contributed by atoms with Gasteiger partial charge in [0, 0.05) is 55.1 Å². The van der Waals surface area contributed by atoms with E-state index in [1.165, 1.54) is 6.07 Å². The molecule has 3 aromatic rings. The van der Waals surface area contributed by atoms with Gasteiger partial charge in [0.15, 0.2) is 0 Å². The standard InChI is InChI=1S/C21H21ClFN5/c22-17-5-3-6-18(12-17)27-8-10-28(11-9-27)21-13-20(25-15-26-21)24-14-16-4-1-2-7-19(16)23/h1-7,12-13,15H,8-11,14H2,(H,24,25,26). The number of hydrogen-bond acceptors (Lipinski definition) is 5. The lowest BCUT2D eigenvalue weighted by atomic mass is 10.2. The second-order valence-corrected chi connectivity index (χ2v) is 7.10. The van der Waals surface area contributed by atoms with E-state index in [0.29, 0.717) is 17.9 Å². The van der Waals surface area contributed by atoms with Gasteiger partial charge in [-0.15, -0.1) is 0 Å². The first-order valence-electron chi connectivity index (χ1n) is 9.24. The Bertz CT molecular complexity index is 943. The molecule has 0 bridgehead atoms. The van der Waals surface area contributed by atoms with Crippen LogP contribution in [0.2, 0.25) is 5.02 Å². The van der Waals surface area contributed by atoms with Crippen molar-refractivity contribution in [1.82, 2.24) is 9.97 Å². The highest BCUT2D eigenvalue weighted by atomic mass is 35.5. The summed E-state index contributed by atoms with van der Waals surface area (Å²) >= 11 is 6.11. The van der Waals surface area contributed by atoms with Gasteiger partial charge < -0.3 is 15.1 Å². The number of hydrogen-bond donors (Lipinski definition) is 1. The second-order valence-electron chi connectivity index (χ2n) is 6.66. The van der Waals surface area contributed by atoms with E-state index in [9.17, 15) is 4.39 Å². The minimum absolute atomic E-state index is 0.221. The Morgan fingerprint density at radius 2 is 1.71 bits per heavy atom. The highest BCUT2D eigenvalue weighted by molar-refractivity contribution is 6.30. The van der Waals surface area contributed by atoms with Gasteiger partial charge in [-0.3, -0.25) is 0 Å². The average molecular weight is 398 g/mol. The molecule has 1 aliphatic rings. The molecule has 7 heteroatoms. The lowest BCUT2D eigenvalue weighted by molar-refractivity contribution is 0.613. The number of benzene rings is 2. The van der Waals surface area contributed by atoms with Crippen LogP contribution in [0.1, 0.15) is 5.56 Å². The summed E-state index contributed by atoms with van der Waals surface area (Å²) < 4.78 is 13.8. The van der Waals surface area contributed by atoms with E-state index in [4.69, 9.17) is 11.6 Å². The third-order valence-electron chi connectivity index (χ3n) is 4.85. The maximum Gasteiger partial charge on any atom is 0.134 e. The van der Waals surface area contributed by atoms with Gasteiger partial charge in [0.1, 0.15) is 23.8 Å². The SMILES string of the molecule is Fc1ccccc1CNc1cc(N2CCN(c3cccc(Cl)c3)CC2)ncn1. The molecule has 4 rings (SSSR count). The molecule has 0 spiro atoms. The molecule has 0 unspecified atom stereocenters. The normalized spacial score (nSPS) is 14.2. The first kappa shape index (κ1) is 18.5. The van der Waals surface area contributed by atoms with Gasteiger partial charge in [-0.05, 0) is 24.3 Å². The summed E-state index contributed by atoms with van der Waals surface area (Å²) in [4.78, 5) is 13.2. The van der Waals surface area contributed by atoms with E-state index in [0.717, 1.165) is 42.7 Å². The number of nitrogens with zero attached hydrogens (tertiary/aromatic N) is 4. The van der Waals surface area contributed by atoms with E-state index in [1.54, 1.807) is 18.5 Å². The maximum absolute atomic E-state index is 13.8.